The van der Waals surface area contributed by atoms with Gasteiger partial charge in [-0.05, 0) is 83.7 Å². The highest BCUT2D eigenvalue weighted by Crippen LogP contribution is 2.32. The average molecular weight is 505 g/mol. The van der Waals surface area contributed by atoms with E-state index >= 15 is 0 Å². The lowest BCUT2D eigenvalue weighted by Gasteiger charge is -2.11. The lowest BCUT2D eigenvalue weighted by Crippen LogP contribution is -2.27. The van der Waals surface area contributed by atoms with Crippen LogP contribution in [-0.4, -0.2) is 34.2 Å². The molecule has 1 fully saturated rings. The SMILES string of the molecule is CCN1C(=O)/C(=C/c2ccc(OCC(=O)Nc3cc(C)c(C)cc3Br)cc2)SC1=S. The van der Waals surface area contributed by atoms with Crippen molar-refractivity contribution >= 4 is 67.8 Å². The molecule has 0 atom stereocenters. The number of carbonyl (C=O) groups excluding carboxylic acids is 2. The second-order valence-corrected chi connectivity index (χ2v) is 9.28. The monoisotopic (exact) mass is 504 g/mol. The fourth-order valence-electron chi connectivity index (χ4n) is 2.80. The fourth-order valence-corrected chi connectivity index (χ4v) is 4.74. The third kappa shape index (κ3) is 5.30. The van der Waals surface area contributed by atoms with Crippen molar-refractivity contribution in [1.29, 1.82) is 0 Å². The second kappa shape index (κ2) is 9.76. The highest BCUT2D eigenvalue weighted by atomic mass is 79.9. The molecule has 1 heterocycles. The van der Waals surface area contributed by atoms with Crippen molar-refractivity contribution in [3.8, 4) is 5.75 Å². The van der Waals surface area contributed by atoms with Gasteiger partial charge in [-0.3, -0.25) is 14.5 Å². The Hall–Kier alpha value is -2.16. The number of anilines is 1. The van der Waals surface area contributed by atoms with Crippen LogP contribution < -0.4 is 10.1 Å². The zero-order valence-electron chi connectivity index (χ0n) is 16.8. The summed E-state index contributed by atoms with van der Waals surface area (Å²) in [4.78, 5) is 26.7. The number of aryl methyl sites for hydroxylation is 2. The summed E-state index contributed by atoms with van der Waals surface area (Å²) in [5.74, 6) is 0.260. The summed E-state index contributed by atoms with van der Waals surface area (Å²) in [6, 6.07) is 11.1. The highest BCUT2D eigenvalue weighted by molar-refractivity contribution is 9.10. The van der Waals surface area contributed by atoms with Crippen molar-refractivity contribution in [2.24, 2.45) is 0 Å². The molecule has 0 unspecified atom stereocenters. The van der Waals surface area contributed by atoms with Gasteiger partial charge >= 0.3 is 0 Å². The van der Waals surface area contributed by atoms with E-state index in [2.05, 4.69) is 21.2 Å². The van der Waals surface area contributed by atoms with Gasteiger partial charge in [-0.1, -0.05) is 36.1 Å². The van der Waals surface area contributed by atoms with Gasteiger partial charge in [0.2, 0.25) is 0 Å². The first kappa shape index (κ1) is 22.5. The zero-order chi connectivity index (χ0) is 21.8. The minimum atomic E-state index is -0.244. The predicted molar refractivity (Wildman–Crippen MR) is 130 cm³/mol. The van der Waals surface area contributed by atoms with E-state index in [1.54, 1.807) is 17.0 Å². The molecule has 3 rings (SSSR count). The third-order valence-electron chi connectivity index (χ3n) is 4.60. The van der Waals surface area contributed by atoms with E-state index in [-0.39, 0.29) is 18.4 Å². The summed E-state index contributed by atoms with van der Waals surface area (Å²) >= 11 is 10.00. The normalized spacial score (nSPS) is 15.1. The number of thiocarbonyl (C=S) groups is 1. The number of hydrogen-bond acceptors (Lipinski definition) is 5. The molecule has 1 saturated heterocycles. The number of thioether (sulfide) groups is 1. The van der Waals surface area contributed by atoms with Crippen LogP contribution in [-0.2, 0) is 9.59 Å². The molecule has 1 aliphatic rings. The quantitative estimate of drug-likeness (QED) is 0.426. The molecular formula is C22H21BrN2O3S2. The van der Waals surface area contributed by atoms with Gasteiger partial charge in [0.25, 0.3) is 11.8 Å². The molecule has 0 aromatic heterocycles. The van der Waals surface area contributed by atoms with Crippen LogP contribution in [0.4, 0.5) is 5.69 Å². The molecule has 0 bridgehead atoms. The van der Waals surface area contributed by atoms with E-state index in [4.69, 9.17) is 17.0 Å². The number of carbonyl (C=O) groups is 2. The van der Waals surface area contributed by atoms with Crippen LogP contribution in [0.1, 0.15) is 23.6 Å². The predicted octanol–water partition coefficient (Wildman–Crippen LogP) is 5.30. The molecular weight excluding hydrogens is 484 g/mol. The molecule has 2 amide bonds. The van der Waals surface area contributed by atoms with Crippen LogP contribution in [0.3, 0.4) is 0 Å². The van der Waals surface area contributed by atoms with E-state index < -0.39 is 0 Å². The molecule has 156 valence electrons. The van der Waals surface area contributed by atoms with Crippen LogP contribution in [0.5, 0.6) is 5.75 Å². The van der Waals surface area contributed by atoms with Crippen LogP contribution in [0.15, 0.2) is 45.8 Å². The number of nitrogens with one attached hydrogen (secondary N) is 1. The molecule has 2 aromatic rings. The maximum Gasteiger partial charge on any atom is 0.266 e. The van der Waals surface area contributed by atoms with Crippen molar-refractivity contribution in [1.82, 2.24) is 4.90 Å². The first-order chi connectivity index (χ1) is 14.3. The summed E-state index contributed by atoms with van der Waals surface area (Å²) < 4.78 is 6.99. The van der Waals surface area contributed by atoms with Crippen LogP contribution in [0, 0.1) is 13.8 Å². The summed E-state index contributed by atoms with van der Waals surface area (Å²) in [5.41, 5.74) is 3.82. The van der Waals surface area contributed by atoms with Gasteiger partial charge < -0.3 is 10.1 Å². The first-order valence-electron chi connectivity index (χ1n) is 9.33. The van der Waals surface area contributed by atoms with E-state index in [0.29, 0.717) is 27.2 Å². The van der Waals surface area contributed by atoms with Crippen molar-refractivity contribution in [2.45, 2.75) is 20.8 Å². The Balaban J connectivity index is 1.58. The van der Waals surface area contributed by atoms with Gasteiger partial charge in [0, 0.05) is 11.0 Å². The van der Waals surface area contributed by atoms with Crippen LogP contribution >= 0.6 is 39.9 Å². The van der Waals surface area contributed by atoms with Gasteiger partial charge in [0.1, 0.15) is 10.1 Å². The summed E-state index contributed by atoms with van der Waals surface area (Å²) in [7, 11) is 0. The molecule has 0 radical (unpaired) electrons. The second-order valence-electron chi connectivity index (χ2n) is 6.75. The molecule has 0 saturated carbocycles. The summed E-state index contributed by atoms with van der Waals surface area (Å²) in [5, 5.41) is 2.85. The van der Waals surface area contributed by atoms with Gasteiger partial charge in [0.15, 0.2) is 6.61 Å². The average Bonchev–Trinajstić information content (AvgIpc) is 2.98. The van der Waals surface area contributed by atoms with Gasteiger partial charge in [-0.25, -0.2) is 0 Å². The van der Waals surface area contributed by atoms with Crippen molar-refractivity contribution < 1.29 is 14.3 Å². The van der Waals surface area contributed by atoms with E-state index in [1.807, 2.05) is 51.1 Å². The smallest absolute Gasteiger partial charge is 0.266 e. The number of halogens is 1. The molecule has 0 spiro atoms. The Bertz CT molecular complexity index is 1040. The van der Waals surface area contributed by atoms with Gasteiger partial charge in [-0.2, -0.15) is 0 Å². The number of nitrogens with zero attached hydrogens (tertiary/aromatic N) is 1. The lowest BCUT2D eigenvalue weighted by molar-refractivity contribution is -0.122. The van der Waals surface area contributed by atoms with Crippen molar-refractivity contribution in [3.63, 3.8) is 0 Å². The molecule has 8 heteroatoms. The molecule has 30 heavy (non-hydrogen) atoms. The zero-order valence-corrected chi connectivity index (χ0v) is 20.0. The number of likely N-dealkylation sites (N-methyl/N-ethyl adjacent to an activating group) is 1. The van der Waals surface area contributed by atoms with E-state index in [0.717, 1.165) is 21.2 Å². The summed E-state index contributed by atoms with van der Waals surface area (Å²) in [6.07, 6.45) is 1.81. The number of rotatable bonds is 6. The van der Waals surface area contributed by atoms with E-state index in [1.165, 1.54) is 11.8 Å². The Morgan fingerprint density at radius 1 is 1.23 bits per heavy atom. The van der Waals surface area contributed by atoms with Crippen molar-refractivity contribution in [3.05, 3.63) is 62.5 Å². The lowest BCUT2D eigenvalue weighted by atomic mass is 10.1. The highest BCUT2D eigenvalue weighted by Gasteiger charge is 2.30. The fraction of sp³-hybridized carbons (Fsp3) is 0.227. The molecule has 1 aliphatic heterocycles. The largest absolute Gasteiger partial charge is 0.484 e. The first-order valence-corrected chi connectivity index (χ1v) is 11.3. The maximum absolute atomic E-state index is 12.3. The Morgan fingerprint density at radius 3 is 2.53 bits per heavy atom. The number of hydrogen-bond donors (Lipinski definition) is 1. The van der Waals surface area contributed by atoms with Gasteiger partial charge in [0.05, 0.1) is 10.6 Å². The Kier molecular flexibility index (Phi) is 7.33. The molecule has 2 aromatic carbocycles. The summed E-state index contributed by atoms with van der Waals surface area (Å²) in [6.45, 7) is 6.37. The molecule has 0 aliphatic carbocycles. The van der Waals surface area contributed by atoms with Crippen LogP contribution in [0.2, 0.25) is 0 Å². The number of benzene rings is 2. The maximum atomic E-state index is 12.3. The molecule has 5 nitrogen and oxygen atoms in total. The Morgan fingerprint density at radius 2 is 1.90 bits per heavy atom. The van der Waals surface area contributed by atoms with Crippen molar-refractivity contribution in [2.75, 3.05) is 18.5 Å². The standard InChI is InChI=1S/C22H21BrN2O3S2/c1-4-25-21(27)19(30-22(25)29)11-15-5-7-16(8-6-15)28-12-20(26)24-18-10-14(3)13(2)9-17(18)23/h5-11H,4,12H2,1-3H3,(H,24,26)/b19-11-. The van der Waals surface area contributed by atoms with Gasteiger partial charge in [-0.15, -0.1) is 0 Å². The Labute approximate surface area is 194 Å². The minimum Gasteiger partial charge on any atom is -0.484 e. The minimum absolute atomic E-state index is 0.0676. The van der Waals surface area contributed by atoms with Crippen LogP contribution in [0.25, 0.3) is 6.08 Å². The number of amides is 2. The molecule has 1 N–H and O–H groups in total. The van der Waals surface area contributed by atoms with E-state index in [9.17, 15) is 9.59 Å². The third-order valence-corrected chi connectivity index (χ3v) is 6.63. The topological polar surface area (TPSA) is 58.6 Å². The number of ether oxygens (including phenoxy) is 1.